The van der Waals surface area contributed by atoms with Crippen molar-refractivity contribution in [3.8, 4) is 11.1 Å². The Bertz CT molecular complexity index is 1050. The van der Waals surface area contributed by atoms with Gasteiger partial charge in [0.25, 0.3) is 0 Å². The maximum atomic E-state index is 13.7. The van der Waals surface area contributed by atoms with Gasteiger partial charge in [0.1, 0.15) is 11.7 Å². The Balaban J connectivity index is 2.14. The molecule has 0 spiro atoms. The lowest BCUT2D eigenvalue weighted by Crippen LogP contribution is -2.32. The zero-order chi connectivity index (χ0) is 24.1. The number of carboxylic acids is 1. The third-order valence-electron chi connectivity index (χ3n) is 4.98. The highest BCUT2D eigenvalue weighted by Crippen LogP contribution is 2.38. The molecule has 1 aromatic heterocycles. The molecule has 11 heteroatoms. The van der Waals surface area contributed by atoms with Crippen molar-refractivity contribution in [2.45, 2.75) is 37.9 Å². The van der Waals surface area contributed by atoms with E-state index in [0.717, 1.165) is 0 Å². The van der Waals surface area contributed by atoms with Crippen LogP contribution in [0.4, 0.5) is 13.2 Å². The number of hydrogen-bond donors (Lipinski definition) is 3. The van der Waals surface area contributed by atoms with Gasteiger partial charge in [0.15, 0.2) is 5.78 Å². The Labute approximate surface area is 183 Å². The Morgan fingerprint density at radius 1 is 1.09 bits per heavy atom. The number of hydrogen-bond acceptors (Lipinski definition) is 6. The monoisotopic (exact) mass is 471 g/mol. The van der Waals surface area contributed by atoms with Gasteiger partial charge in [-0.3, -0.25) is 19.4 Å². The molecule has 3 atom stereocenters. The first kappa shape index (κ1) is 25.5. The number of rotatable bonds is 10. The molecule has 4 N–H and O–H groups in total. The molecule has 174 valence electrons. The molecule has 1 heterocycles. The summed E-state index contributed by atoms with van der Waals surface area (Å²) in [5.41, 5.74) is 6.81. The summed E-state index contributed by atoms with van der Waals surface area (Å²) in [6.07, 6.45) is -3.97. The first-order valence-corrected chi connectivity index (χ1v) is 11.6. The second-order valence-corrected chi connectivity index (χ2v) is 9.89. The van der Waals surface area contributed by atoms with E-state index in [1.165, 1.54) is 43.5 Å². The van der Waals surface area contributed by atoms with E-state index in [0.29, 0.717) is 11.1 Å². The summed E-state index contributed by atoms with van der Waals surface area (Å²) in [4.78, 5) is 26.1. The largest absolute Gasteiger partial charge is 0.480 e. The van der Waals surface area contributed by atoms with Crippen LogP contribution in [-0.4, -0.2) is 49.8 Å². The minimum absolute atomic E-state index is 0.0352. The Kier molecular flexibility index (Phi) is 8.13. The zero-order valence-corrected chi connectivity index (χ0v) is 18.1. The number of halogens is 3. The zero-order valence-electron chi connectivity index (χ0n) is 17.3. The van der Waals surface area contributed by atoms with E-state index in [2.05, 4.69) is 4.98 Å². The van der Waals surface area contributed by atoms with E-state index < -0.39 is 46.0 Å². The van der Waals surface area contributed by atoms with Gasteiger partial charge in [-0.05, 0) is 30.0 Å². The topological polar surface area (TPSA) is 134 Å². The summed E-state index contributed by atoms with van der Waals surface area (Å²) in [5.74, 6) is -4.35. The van der Waals surface area contributed by atoms with Gasteiger partial charge in [-0.1, -0.05) is 30.3 Å². The first-order chi connectivity index (χ1) is 14.8. The number of carbonyl (C=O) groups is 2. The van der Waals surface area contributed by atoms with E-state index in [4.69, 9.17) is 15.6 Å². The molecule has 0 bridgehead atoms. The van der Waals surface area contributed by atoms with Crippen molar-refractivity contribution in [1.29, 1.82) is 4.78 Å². The molecular weight excluding hydrogens is 447 g/mol. The third kappa shape index (κ3) is 7.13. The normalized spacial score (nSPS) is 15.5. The van der Waals surface area contributed by atoms with Crippen molar-refractivity contribution in [1.82, 2.24) is 4.98 Å². The van der Waals surface area contributed by atoms with Crippen LogP contribution in [0.3, 0.4) is 0 Å². The van der Waals surface area contributed by atoms with Crippen LogP contribution in [0.25, 0.3) is 11.1 Å². The standard InChI is InChI=1S/C21H24F3N3O4S/c1-13(28)19-7-6-16(12-27-19)14-2-4-15(5-3-14)17(21(22,23)24)8-10-32(26,31)11-9-18(25)20(29)30/h2-7,12,17-18,26H,8-11,25H2,1H3,(H,29,30)/t17?,18-,32?/m0/s1. The molecule has 0 saturated carbocycles. The minimum Gasteiger partial charge on any atom is -0.480 e. The highest BCUT2D eigenvalue weighted by molar-refractivity contribution is 7.92. The van der Waals surface area contributed by atoms with E-state index in [-0.39, 0.29) is 29.2 Å². The molecule has 0 saturated heterocycles. The minimum atomic E-state index is -4.61. The molecule has 2 unspecified atom stereocenters. The number of nitrogens with two attached hydrogens (primary N) is 1. The molecule has 0 amide bonds. The van der Waals surface area contributed by atoms with E-state index >= 15 is 0 Å². The second kappa shape index (κ2) is 10.2. The lowest BCUT2D eigenvalue weighted by molar-refractivity contribution is -0.150. The molecule has 1 aromatic carbocycles. The smallest absolute Gasteiger partial charge is 0.395 e. The highest BCUT2D eigenvalue weighted by atomic mass is 32.2. The van der Waals surface area contributed by atoms with Crippen LogP contribution in [0, 0.1) is 4.78 Å². The fourth-order valence-corrected chi connectivity index (χ4v) is 4.51. The van der Waals surface area contributed by atoms with Crippen LogP contribution in [0.15, 0.2) is 42.6 Å². The fraction of sp³-hybridized carbons (Fsp3) is 0.381. The number of benzene rings is 1. The molecule has 0 radical (unpaired) electrons. The molecule has 7 nitrogen and oxygen atoms in total. The Morgan fingerprint density at radius 3 is 2.12 bits per heavy atom. The van der Waals surface area contributed by atoms with Crippen LogP contribution >= 0.6 is 0 Å². The van der Waals surface area contributed by atoms with Crippen LogP contribution in [0.1, 0.15) is 41.7 Å². The summed E-state index contributed by atoms with van der Waals surface area (Å²) in [6, 6.07) is 7.51. The molecule has 2 rings (SSSR count). The number of ketones is 1. The van der Waals surface area contributed by atoms with E-state index in [1.54, 1.807) is 6.07 Å². The number of alkyl halides is 3. The summed E-state index contributed by atoms with van der Waals surface area (Å²) in [6.45, 7) is 1.38. The van der Waals surface area contributed by atoms with Crippen molar-refractivity contribution < 1.29 is 32.1 Å². The van der Waals surface area contributed by atoms with Gasteiger partial charge in [-0.25, -0.2) is 4.21 Å². The lowest BCUT2D eigenvalue weighted by atomic mass is 9.94. The van der Waals surface area contributed by atoms with Crippen LogP contribution in [0.5, 0.6) is 0 Å². The number of aromatic nitrogens is 1. The van der Waals surface area contributed by atoms with Crippen molar-refractivity contribution in [3.63, 3.8) is 0 Å². The average Bonchev–Trinajstić information content (AvgIpc) is 2.71. The van der Waals surface area contributed by atoms with E-state index in [9.17, 15) is 27.0 Å². The summed E-state index contributed by atoms with van der Waals surface area (Å²) in [5, 5.41) is 8.75. The first-order valence-electron chi connectivity index (χ1n) is 9.67. The number of carboxylic acid groups (broad SMARTS) is 1. The average molecular weight is 472 g/mol. The van der Waals surface area contributed by atoms with Crippen molar-refractivity contribution in [2.24, 2.45) is 5.73 Å². The number of carbonyl (C=O) groups excluding carboxylic acids is 1. The van der Waals surface area contributed by atoms with Gasteiger partial charge in [-0.2, -0.15) is 13.2 Å². The fourth-order valence-electron chi connectivity index (χ4n) is 3.05. The molecule has 0 fully saturated rings. The summed E-state index contributed by atoms with van der Waals surface area (Å²) < 4.78 is 61.1. The van der Waals surface area contributed by atoms with Crippen LogP contribution < -0.4 is 5.73 Å². The lowest BCUT2D eigenvalue weighted by Gasteiger charge is -2.22. The maximum Gasteiger partial charge on any atom is 0.395 e. The molecule has 0 aliphatic carbocycles. The number of aliphatic carboxylic acids is 1. The third-order valence-corrected chi connectivity index (χ3v) is 6.77. The predicted molar refractivity (Wildman–Crippen MR) is 114 cm³/mol. The van der Waals surface area contributed by atoms with Gasteiger partial charge < -0.3 is 10.8 Å². The maximum absolute atomic E-state index is 13.7. The number of pyridine rings is 1. The van der Waals surface area contributed by atoms with E-state index in [1.807, 2.05) is 0 Å². The number of Topliss-reactive ketones (excluding diaryl/α,β-unsaturated/α-hetero) is 1. The van der Waals surface area contributed by atoms with Crippen molar-refractivity contribution in [3.05, 3.63) is 53.9 Å². The summed E-state index contributed by atoms with van der Waals surface area (Å²) >= 11 is 0. The van der Waals surface area contributed by atoms with Gasteiger partial charge in [0.2, 0.25) is 0 Å². The number of nitrogens with zero attached hydrogens (tertiary/aromatic N) is 1. The Morgan fingerprint density at radius 2 is 1.66 bits per heavy atom. The molecule has 0 aliphatic rings. The molecule has 32 heavy (non-hydrogen) atoms. The quantitative estimate of drug-likeness (QED) is 0.451. The van der Waals surface area contributed by atoms with Gasteiger partial charge >= 0.3 is 12.1 Å². The van der Waals surface area contributed by atoms with Crippen LogP contribution in [0.2, 0.25) is 0 Å². The molecular formula is C21H24F3N3O4S. The molecule has 2 aromatic rings. The van der Waals surface area contributed by atoms with Crippen LogP contribution in [-0.2, 0) is 14.5 Å². The second-order valence-electron chi connectivity index (χ2n) is 7.45. The highest BCUT2D eigenvalue weighted by Gasteiger charge is 2.40. The van der Waals surface area contributed by atoms with Crippen molar-refractivity contribution >= 4 is 21.5 Å². The van der Waals surface area contributed by atoms with Gasteiger partial charge in [-0.15, -0.1) is 0 Å². The van der Waals surface area contributed by atoms with Crippen molar-refractivity contribution in [2.75, 3.05) is 11.5 Å². The Hall–Kier alpha value is -2.79. The number of nitrogens with one attached hydrogen (secondary N) is 1. The molecule has 0 aliphatic heterocycles. The predicted octanol–water partition coefficient (Wildman–Crippen LogP) is 3.84. The SMILES string of the molecule is CC(=O)c1ccc(-c2ccc(C(CCS(=N)(=O)CC[C@H](N)C(=O)O)C(F)(F)F)cc2)cn1. The van der Waals surface area contributed by atoms with Gasteiger partial charge in [0.05, 0.1) is 5.92 Å². The summed E-state index contributed by atoms with van der Waals surface area (Å²) in [7, 11) is -3.41. The van der Waals surface area contributed by atoms with Gasteiger partial charge in [0, 0.05) is 39.9 Å².